The minimum atomic E-state index is -1.10. The lowest BCUT2D eigenvalue weighted by Crippen LogP contribution is -2.48. The molecule has 1 atom stereocenters. The molecular formula is C19H27N3O5. The van der Waals surface area contributed by atoms with Gasteiger partial charge in [0, 0.05) is 31.4 Å². The van der Waals surface area contributed by atoms with Crippen molar-refractivity contribution in [1.29, 1.82) is 0 Å². The average molecular weight is 377 g/mol. The second-order valence-corrected chi connectivity index (χ2v) is 7.07. The number of urea groups is 1. The number of hydrogen-bond acceptors (Lipinski definition) is 4. The molecule has 0 spiro atoms. The van der Waals surface area contributed by atoms with Gasteiger partial charge in [-0.05, 0) is 30.9 Å². The second kappa shape index (κ2) is 9.25. The summed E-state index contributed by atoms with van der Waals surface area (Å²) in [5, 5.41) is 14.8. The quantitative estimate of drug-likeness (QED) is 0.706. The Kier molecular flexibility index (Phi) is 7.04. The smallest absolute Gasteiger partial charge is 0.339 e. The molecule has 3 N–H and O–H groups in total. The summed E-state index contributed by atoms with van der Waals surface area (Å²) in [6, 6.07) is 4.26. The number of likely N-dealkylation sites (tertiary alicyclic amines) is 1. The molecule has 0 bridgehead atoms. The number of nitrogens with zero attached hydrogens (tertiary/aromatic N) is 1. The monoisotopic (exact) mass is 377 g/mol. The van der Waals surface area contributed by atoms with Gasteiger partial charge < -0.3 is 25.4 Å². The molecule has 1 aliphatic heterocycles. The van der Waals surface area contributed by atoms with Crippen LogP contribution in [0.25, 0.3) is 0 Å². The van der Waals surface area contributed by atoms with Crippen LogP contribution in [0.1, 0.15) is 37.0 Å². The number of hydrogen-bond donors (Lipinski definition) is 3. The predicted molar refractivity (Wildman–Crippen MR) is 101 cm³/mol. The van der Waals surface area contributed by atoms with Gasteiger partial charge in [0.05, 0.1) is 13.0 Å². The summed E-state index contributed by atoms with van der Waals surface area (Å²) in [7, 11) is 1.38. The first-order valence-corrected chi connectivity index (χ1v) is 9.06. The summed E-state index contributed by atoms with van der Waals surface area (Å²) in [5.74, 6) is -1.06. The van der Waals surface area contributed by atoms with E-state index >= 15 is 0 Å². The number of methoxy groups -OCH3 is 1. The maximum atomic E-state index is 12.6. The van der Waals surface area contributed by atoms with Crippen molar-refractivity contribution >= 4 is 23.6 Å². The van der Waals surface area contributed by atoms with E-state index in [9.17, 15) is 14.4 Å². The fraction of sp³-hybridized carbons (Fsp3) is 0.526. The number of aromatic carboxylic acids is 1. The van der Waals surface area contributed by atoms with E-state index in [0.717, 1.165) is 6.42 Å². The van der Waals surface area contributed by atoms with Gasteiger partial charge in [0.25, 0.3) is 0 Å². The van der Waals surface area contributed by atoms with Crippen LogP contribution in [-0.4, -0.2) is 54.7 Å². The number of ether oxygens (including phenoxy) is 1. The molecule has 8 heteroatoms. The van der Waals surface area contributed by atoms with E-state index in [2.05, 4.69) is 10.6 Å². The van der Waals surface area contributed by atoms with Crippen molar-refractivity contribution in [1.82, 2.24) is 10.2 Å². The number of anilines is 1. The lowest BCUT2D eigenvalue weighted by Gasteiger charge is -2.32. The van der Waals surface area contributed by atoms with Gasteiger partial charge in [-0.2, -0.15) is 0 Å². The first-order valence-electron chi connectivity index (χ1n) is 9.06. The third-order valence-corrected chi connectivity index (χ3v) is 4.44. The molecule has 0 saturated carbocycles. The normalized spacial score (nSPS) is 16.7. The predicted octanol–water partition coefficient (Wildman–Crippen LogP) is 2.41. The zero-order chi connectivity index (χ0) is 20.0. The van der Waals surface area contributed by atoms with Crippen molar-refractivity contribution in [2.75, 3.05) is 32.1 Å². The highest BCUT2D eigenvalue weighted by molar-refractivity contribution is 5.95. The molecule has 1 heterocycles. The Bertz CT molecular complexity index is 705. The van der Waals surface area contributed by atoms with Crippen molar-refractivity contribution in [3.8, 4) is 5.75 Å². The molecule has 0 aliphatic carbocycles. The fourth-order valence-corrected chi connectivity index (χ4v) is 2.97. The molecule has 1 fully saturated rings. The maximum absolute atomic E-state index is 12.6. The number of carbonyl (C=O) groups excluding carboxylic acids is 2. The van der Waals surface area contributed by atoms with Gasteiger partial charge in [-0.3, -0.25) is 4.79 Å². The van der Waals surface area contributed by atoms with E-state index in [1.807, 2.05) is 13.8 Å². The van der Waals surface area contributed by atoms with E-state index in [0.29, 0.717) is 37.7 Å². The van der Waals surface area contributed by atoms with Gasteiger partial charge in [-0.25, -0.2) is 9.59 Å². The van der Waals surface area contributed by atoms with E-state index in [1.165, 1.54) is 25.3 Å². The topological polar surface area (TPSA) is 108 Å². The molecule has 1 aliphatic rings. The van der Waals surface area contributed by atoms with Crippen LogP contribution in [0.3, 0.4) is 0 Å². The summed E-state index contributed by atoms with van der Waals surface area (Å²) in [4.78, 5) is 37.6. The maximum Gasteiger partial charge on any atom is 0.339 e. The Hall–Kier alpha value is -2.77. The largest absolute Gasteiger partial charge is 0.496 e. The lowest BCUT2D eigenvalue weighted by molar-refractivity contribution is -0.121. The summed E-state index contributed by atoms with van der Waals surface area (Å²) in [6.45, 7) is 5.64. The van der Waals surface area contributed by atoms with Crippen LogP contribution in [0.5, 0.6) is 5.75 Å². The Labute approximate surface area is 158 Å². The molecule has 3 amide bonds. The molecule has 2 rings (SSSR count). The number of amides is 3. The summed E-state index contributed by atoms with van der Waals surface area (Å²) in [5.41, 5.74) is 0.490. The van der Waals surface area contributed by atoms with Crippen molar-refractivity contribution in [2.24, 2.45) is 11.8 Å². The van der Waals surface area contributed by atoms with Gasteiger partial charge in [0.2, 0.25) is 5.91 Å². The van der Waals surface area contributed by atoms with Gasteiger partial charge in [0.15, 0.2) is 0 Å². The Morgan fingerprint density at radius 1 is 1.33 bits per heavy atom. The molecule has 0 aromatic heterocycles. The SMILES string of the molecule is COc1cc(NC(=O)C2CCCN(C(=O)NCC(C)C)C2)ccc1C(=O)O. The van der Waals surface area contributed by atoms with Crippen molar-refractivity contribution in [2.45, 2.75) is 26.7 Å². The Morgan fingerprint density at radius 2 is 2.07 bits per heavy atom. The first-order chi connectivity index (χ1) is 12.8. The Balaban J connectivity index is 1.99. The molecule has 1 aromatic carbocycles. The molecule has 0 radical (unpaired) electrons. The van der Waals surface area contributed by atoms with Crippen LogP contribution in [0.15, 0.2) is 18.2 Å². The van der Waals surface area contributed by atoms with E-state index in [4.69, 9.17) is 9.84 Å². The van der Waals surface area contributed by atoms with Gasteiger partial charge in [-0.15, -0.1) is 0 Å². The molecule has 1 unspecified atom stereocenters. The van der Waals surface area contributed by atoms with Crippen LogP contribution in [0.2, 0.25) is 0 Å². The number of carboxylic acids is 1. The van der Waals surface area contributed by atoms with Crippen LogP contribution < -0.4 is 15.4 Å². The minimum Gasteiger partial charge on any atom is -0.496 e. The third-order valence-electron chi connectivity index (χ3n) is 4.44. The molecule has 1 aromatic rings. The number of carboxylic acid groups (broad SMARTS) is 1. The minimum absolute atomic E-state index is 0.0289. The van der Waals surface area contributed by atoms with Crippen LogP contribution in [0, 0.1) is 11.8 Å². The number of rotatable bonds is 6. The number of benzene rings is 1. The van der Waals surface area contributed by atoms with Gasteiger partial charge in [0.1, 0.15) is 11.3 Å². The lowest BCUT2D eigenvalue weighted by atomic mass is 9.97. The third kappa shape index (κ3) is 5.60. The van der Waals surface area contributed by atoms with Crippen molar-refractivity contribution < 1.29 is 24.2 Å². The van der Waals surface area contributed by atoms with Crippen molar-refractivity contribution in [3.63, 3.8) is 0 Å². The van der Waals surface area contributed by atoms with E-state index < -0.39 is 5.97 Å². The van der Waals surface area contributed by atoms with E-state index in [1.54, 1.807) is 4.90 Å². The molecule has 148 valence electrons. The van der Waals surface area contributed by atoms with Crippen LogP contribution in [0.4, 0.5) is 10.5 Å². The standard InChI is InChI=1S/C19H27N3O5/c1-12(2)10-20-19(26)22-8-4-5-13(11-22)17(23)21-14-6-7-15(18(24)25)16(9-14)27-3/h6-7,9,12-13H,4-5,8,10-11H2,1-3H3,(H,20,26)(H,21,23)(H,24,25). The highest BCUT2D eigenvalue weighted by atomic mass is 16.5. The van der Waals surface area contributed by atoms with Crippen LogP contribution >= 0.6 is 0 Å². The fourth-order valence-electron chi connectivity index (χ4n) is 2.97. The summed E-state index contributed by atoms with van der Waals surface area (Å²) in [6.07, 6.45) is 1.46. The molecule has 8 nitrogen and oxygen atoms in total. The highest BCUT2D eigenvalue weighted by Gasteiger charge is 2.28. The summed E-state index contributed by atoms with van der Waals surface area (Å²) < 4.78 is 5.08. The molecule has 27 heavy (non-hydrogen) atoms. The van der Waals surface area contributed by atoms with Gasteiger partial charge >= 0.3 is 12.0 Å². The Morgan fingerprint density at radius 3 is 2.70 bits per heavy atom. The highest BCUT2D eigenvalue weighted by Crippen LogP contribution is 2.25. The first kappa shape index (κ1) is 20.5. The molecule has 1 saturated heterocycles. The summed E-state index contributed by atoms with van der Waals surface area (Å²) >= 11 is 0. The molecular weight excluding hydrogens is 350 g/mol. The zero-order valence-corrected chi connectivity index (χ0v) is 15.9. The van der Waals surface area contributed by atoms with E-state index in [-0.39, 0.29) is 29.2 Å². The second-order valence-electron chi connectivity index (χ2n) is 7.07. The van der Waals surface area contributed by atoms with Crippen molar-refractivity contribution in [3.05, 3.63) is 23.8 Å². The number of carbonyl (C=O) groups is 3. The average Bonchev–Trinajstić information content (AvgIpc) is 2.65. The van der Waals surface area contributed by atoms with Gasteiger partial charge in [-0.1, -0.05) is 13.8 Å². The zero-order valence-electron chi connectivity index (χ0n) is 15.9. The number of piperidine rings is 1. The number of nitrogens with one attached hydrogen (secondary N) is 2. The van der Waals surface area contributed by atoms with Crippen LogP contribution in [-0.2, 0) is 4.79 Å².